The zero-order valence-corrected chi connectivity index (χ0v) is 14.1. The fraction of sp³-hybridized carbons (Fsp3) is 0.647. The molecule has 0 bridgehead atoms. The van der Waals surface area contributed by atoms with Crippen molar-refractivity contribution in [3.05, 3.63) is 17.7 Å². The fourth-order valence-electron chi connectivity index (χ4n) is 3.10. The number of aromatic hydroxyl groups is 1. The Hall–Kier alpha value is -1.46. The Morgan fingerprint density at radius 1 is 1.18 bits per heavy atom. The molecular formula is C17H28N2O3. The summed E-state index contributed by atoms with van der Waals surface area (Å²) in [5.74, 6) is 2.09. The topological polar surface area (TPSA) is 54.0 Å². The third kappa shape index (κ3) is 3.84. The molecular weight excluding hydrogens is 280 g/mol. The predicted octanol–water partition coefficient (Wildman–Crippen LogP) is 2.40. The van der Waals surface area contributed by atoms with E-state index in [0.29, 0.717) is 17.4 Å². The Bertz CT molecular complexity index is 485. The minimum absolute atomic E-state index is 0.156. The summed E-state index contributed by atoms with van der Waals surface area (Å²) >= 11 is 0. The van der Waals surface area contributed by atoms with Gasteiger partial charge in [-0.1, -0.05) is 13.8 Å². The molecule has 5 nitrogen and oxygen atoms in total. The van der Waals surface area contributed by atoms with Gasteiger partial charge in [-0.05, 0) is 12.3 Å². The second kappa shape index (κ2) is 7.70. The highest BCUT2D eigenvalue weighted by Gasteiger charge is 2.28. The van der Waals surface area contributed by atoms with Crippen LogP contribution in [-0.4, -0.2) is 50.4 Å². The molecule has 1 heterocycles. The van der Waals surface area contributed by atoms with Crippen molar-refractivity contribution in [2.75, 3.05) is 40.4 Å². The smallest absolute Gasteiger partial charge is 0.131 e. The lowest BCUT2D eigenvalue weighted by atomic mass is 9.93. The first-order valence-corrected chi connectivity index (χ1v) is 7.96. The van der Waals surface area contributed by atoms with E-state index in [1.807, 2.05) is 6.07 Å². The fourth-order valence-corrected chi connectivity index (χ4v) is 3.10. The number of benzene rings is 1. The minimum Gasteiger partial charge on any atom is -0.507 e. The van der Waals surface area contributed by atoms with Crippen LogP contribution in [0, 0.1) is 5.92 Å². The number of piperazine rings is 1. The van der Waals surface area contributed by atoms with Gasteiger partial charge in [0.15, 0.2) is 0 Å². The summed E-state index contributed by atoms with van der Waals surface area (Å²) in [4.78, 5) is 2.43. The lowest BCUT2D eigenvalue weighted by molar-refractivity contribution is 0.148. The van der Waals surface area contributed by atoms with Crippen LogP contribution in [-0.2, 0) is 0 Å². The van der Waals surface area contributed by atoms with Crippen LogP contribution in [0.1, 0.15) is 31.9 Å². The van der Waals surface area contributed by atoms with Crippen molar-refractivity contribution in [2.24, 2.45) is 5.92 Å². The Balaban J connectivity index is 2.41. The molecule has 1 saturated heterocycles. The molecule has 22 heavy (non-hydrogen) atoms. The number of rotatable bonds is 6. The van der Waals surface area contributed by atoms with Crippen molar-refractivity contribution >= 4 is 0 Å². The molecule has 1 atom stereocenters. The third-order valence-electron chi connectivity index (χ3n) is 4.17. The summed E-state index contributed by atoms with van der Waals surface area (Å²) in [6, 6.07) is 3.68. The summed E-state index contributed by atoms with van der Waals surface area (Å²) in [6.45, 7) is 8.34. The summed E-state index contributed by atoms with van der Waals surface area (Å²) in [6.07, 6.45) is 0.982. The van der Waals surface area contributed by atoms with Crippen LogP contribution in [0.15, 0.2) is 12.1 Å². The molecule has 0 unspecified atom stereocenters. The largest absolute Gasteiger partial charge is 0.507 e. The number of methoxy groups -OCH3 is 2. The summed E-state index contributed by atoms with van der Waals surface area (Å²) in [5.41, 5.74) is 0.874. The van der Waals surface area contributed by atoms with E-state index in [4.69, 9.17) is 9.47 Å². The van der Waals surface area contributed by atoms with Crippen LogP contribution in [0.3, 0.4) is 0 Å². The van der Waals surface area contributed by atoms with Crippen molar-refractivity contribution in [1.29, 1.82) is 0 Å². The maximum atomic E-state index is 10.5. The SMILES string of the molecule is COc1cc(O)c([C@@H](CC(C)C)N2CCNCC2)c(OC)c1. The van der Waals surface area contributed by atoms with Gasteiger partial charge in [-0.2, -0.15) is 0 Å². The van der Waals surface area contributed by atoms with Crippen molar-refractivity contribution in [2.45, 2.75) is 26.3 Å². The average molecular weight is 308 g/mol. The standard InChI is InChI=1S/C17H28N2O3/c1-12(2)9-14(19-7-5-18-6-8-19)17-15(20)10-13(21-3)11-16(17)22-4/h10-12,14,18,20H,5-9H2,1-4H3/t14-/m1/s1. The summed E-state index contributed by atoms with van der Waals surface area (Å²) in [7, 11) is 3.23. The average Bonchev–Trinajstić information content (AvgIpc) is 2.52. The summed E-state index contributed by atoms with van der Waals surface area (Å²) < 4.78 is 10.8. The van der Waals surface area contributed by atoms with Gasteiger partial charge in [0, 0.05) is 44.4 Å². The zero-order chi connectivity index (χ0) is 16.1. The Labute approximate surface area is 133 Å². The Morgan fingerprint density at radius 3 is 2.41 bits per heavy atom. The van der Waals surface area contributed by atoms with Gasteiger partial charge in [-0.25, -0.2) is 0 Å². The molecule has 0 spiro atoms. The molecule has 2 N–H and O–H groups in total. The first-order valence-electron chi connectivity index (χ1n) is 7.96. The van der Waals surface area contributed by atoms with Crippen molar-refractivity contribution < 1.29 is 14.6 Å². The molecule has 0 radical (unpaired) electrons. The van der Waals surface area contributed by atoms with Crippen molar-refractivity contribution in [3.63, 3.8) is 0 Å². The zero-order valence-electron chi connectivity index (χ0n) is 14.1. The molecule has 0 aliphatic carbocycles. The van der Waals surface area contributed by atoms with E-state index in [1.54, 1.807) is 20.3 Å². The second-order valence-electron chi connectivity index (χ2n) is 6.19. The first kappa shape index (κ1) is 16.9. The van der Waals surface area contributed by atoms with E-state index in [0.717, 1.165) is 38.2 Å². The van der Waals surface area contributed by atoms with E-state index in [-0.39, 0.29) is 11.8 Å². The van der Waals surface area contributed by atoms with Gasteiger partial charge in [0.1, 0.15) is 17.2 Å². The van der Waals surface area contributed by atoms with Crippen LogP contribution in [0.5, 0.6) is 17.2 Å². The van der Waals surface area contributed by atoms with E-state index < -0.39 is 0 Å². The van der Waals surface area contributed by atoms with Crippen LogP contribution in [0.25, 0.3) is 0 Å². The number of nitrogens with zero attached hydrogens (tertiary/aromatic N) is 1. The molecule has 1 aliphatic rings. The van der Waals surface area contributed by atoms with Gasteiger partial charge >= 0.3 is 0 Å². The predicted molar refractivity (Wildman–Crippen MR) is 87.8 cm³/mol. The van der Waals surface area contributed by atoms with Gasteiger partial charge in [0.2, 0.25) is 0 Å². The van der Waals surface area contributed by atoms with Crippen LogP contribution in [0.2, 0.25) is 0 Å². The molecule has 5 heteroatoms. The Kier molecular flexibility index (Phi) is 5.91. The molecule has 1 fully saturated rings. The highest BCUT2D eigenvalue weighted by molar-refractivity contribution is 5.51. The van der Waals surface area contributed by atoms with E-state index in [9.17, 15) is 5.11 Å². The summed E-state index contributed by atoms with van der Waals surface area (Å²) in [5, 5.41) is 13.9. The highest BCUT2D eigenvalue weighted by Crippen LogP contribution is 2.42. The van der Waals surface area contributed by atoms with Gasteiger partial charge in [0.05, 0.1) is 19.8 Å². The maximum Gasteiger partial charge on any atom is 0.131 e. The minimum atomic E-state index is 0.156. The first-order chi connectivity index (χ1) is 10.6. The molecule has 0 saturated carbocycles. The number of hydrogen-bond acceptors (Lipinski definition) is 5. The molecule has 0 aromatic heterocycles. The maximum absolute atomic E-state index is 10.5. The normalized spacial score (nSPS) is 17.5. The van der Waals surface area contributed by atoms with Crippen LogP contribution < -0.4 is 14.8 Å². The lowest BCUT2D eigenvalue weighted by Gasteiger charge is -2.37. The third-order valence-corrected chi connectivity index (χ3v) is 4.17. The highest BCUT2D eigenvalue weighted by atomic mass is 16.5. The quantitative estimate of drug-likeness (QED) is 0.845. The Morgan fingerprint density at radius 2 is 1.86 bits per heavy atom. The number of phenolic OH excluding ortho intramolecular Hbond substituents is 1. The molecule has 124 valence electrons. The van der Waals surface area contributed by atoms with E-state index in [2.05, 4.69) is 24.1 Å². The monoisotopic (exact) mass is 308 g/mol. The van der Waals surface area contributed by atoms with Gasteiger partial charge < -0.3 is 19.9 Å². The van der Waals surface area contributed by atoms with Crippen molar-refractivity contribution in [1.82, 2.24) is 10.2 Å². The lowest BCUT2D eigenvalue weighted by Crippen LogP contribution is -2.45. The molecule has 1 aromatic carbocycles. The van der Waals surface area contributed by atoms with E-state index >= 15 is 0 Å². The van der Waals surface area contributed by atoms with Crippen LogP contribution >= 0.6 is 0 Å². The van der Waals surface area contributed by atoms with Crippen molar-refractivity contribution in [3.8, 4) is 17.2 Å². The molecule has 1 aliphatic heterocycles. The molecule has 0 amide bonds. The van der Waals surface area contributed by atoms with Gasteiger partial charge in [-0.3, -0.25) is 4.90 Å². The second-order valence-corrected chi connectivity index (χ2v) is 6.19. The van der Waals surface area contributed by atoms with Gasteiger partial charge in [0.25, 0.3) is 0 Å². The molecule has 2 rings (SSSR count). The number of nitrogens with one attached hydrogen (secondary N) is 1. The molecule has 1 aromatic rings. The van der Waals surface area contributed by atoms with Crippen LogP contribution in [0.4, 0.5) is 0 Å². The van der Waals surface area contributed by atoms with Gasteiger partial charge in [-0.15, -0.1) is 0 Å². The number of phenols is 1. The van der Waals surface area contributed by atoms with E-state index in [1.165, 1.54) is 0 Å². The number of ether oxygens (including phenoxy) is 2. The number of hydrogen-bond donors (Lipinski definition) is 2.